The van der Waals surface area contributed by atoms with E-state index in [0.29, 0.717) is 32.2 Å². The largest absolute Gasteiger partial charge is 0.377 e. The fourth-order valence-corrected chi connectivity index (χ4v) is 4.72. The fourth-order valence-electron chi connectivity index (χ4n) is 2.93. The zero-order valence-electron chi connectivity index (χ0n) is 16.6. The molecule has 0 radical (unpaired) electrons. The molecule has 1 fully saturated rings. The Morgan fingerprint density at radius 1 is 1.28 bits per heavy atom. The molecule has 2 heterocycles. The van der Waals surface area contributed by atoms with Gasteiger partial charge in [0.1, 0.15) is 5.01 Å². The van der Waals surface area contributed by atoms with Crippen molar-refractivity contribution in [3.63, 3.8) is 0 Å². The molecular formula is C19H27N5O3S2. The van der Waals surface area contributed by atoms with Crippen LogP contribution in [0.4, 0.5) is 0 Å². The van der Waals surface area contributed by atoms with Crippen LogP contribution in [0.1, 0.15) is 28.3 Å². The average Bonchev–Trinajstić information content (AvgIpc) is 3.39. The number of ether oxygens (including phenoxy) is 1. The first-order valence-electron chi connectivity index (χ1n) is 9.52. The predicted octanol–water partition coefficient (Wildman–Crippen LogP) is 1.77. The molecular weight excluding hydrogens is 410 g/mol. The number of hydrogen-bond donors (Lipinski definition) is 3. The number of aryl methyl sites for hydroxylation is 1. The van der Waals surface area contributed by atoms with Gasteiger partial charge in [0, 0.05) is 37.8 Å². The molecule has 1 saturated heterocycles. The molecule has 1 aromatic carbocycles. The van der Waals surface area contributed by atoms with Crippen molar-refractivity contribution in [1.82, 2.24) is 20.3 Å². The van der Waals surface area contributed by atoms with E-state index >= 15 is 0 Å². The molecule has 1 aliphatic heterocycles. The van der Waals surface area contributed by atoms with E-state index in [1.807, 2.05) is 13.1 Å². The van der Waals surface area contributed by atoms with Crippen LogP contribution in [0.25, 0.3) is 0 Å². The quantitative estimate of drug-likeness (QED) is 0.430. The summed E-state index contributed by atoms with van der Waals surface area (Å²) in [5.74, 6) is 0.660. The van der Waals surface area contributed by atoms with Crippen LogP contribution in [0.3, 0.4) is 0 Å². The van der Waals surface area contributed by atoms with Gasteiger partial charge in [0.2, 0.25) is 10.0 Å². The van der Waals surface area contributed by atoms with Gasteiger partial charge in [-0.15, -0.1) is 11.3 Å². The van der Waals surface area contributed by atoms with Crippen LogP contribution in [0.2, 0.25) is 0 Å². The molecule has 0 spiro atoms. The second kappa shape index (κ2) is 10.1. The summed E-state index contributed by atoms with van der Waals surface area (Å²) in [5.41, 5.74) is 0.955. The van der Waals surface area contributed by atoms with Crippen LogP contribution in [0.5, 0.6) is 0 Å². The van der Waals surface area contributed by atoms with E-state index in [-0.39, 0.29) is 11.0 Å². The van der Waals surface area contributed by atoms with Crippen molar-refractivity contribution in [1.29, 1.82) is 0 Å². The van der Waals surface area contributed by atoms with E-state index in [1.165, 1.54) is 4.88 Å². The molecule has 2 aromatic rings. The molecule has 1 unspecified atom stereocenters. The minimum atomic E-state index is -3.53. The van der Waals surface area contributed by atoms with Crippen molar-refractivity contribution in [2.75, 3.05) is 20.2 Å². The highest BCUT2D eigenvalue weighted by atomic mass is 32.2. The standard InChI is InChI=1S/C19H27N5O3S2/c1-14-10-21-18(28-14)13-23-19(20-2)22-11-15-5-7-17(8-6-15)29(25,26)24-12-16-4-3-9-27-16/h5-8,10,16,24H,3-4,9,11-13H2,1-2H3,(H2,20,22,23). The highest BCUT2D eigenvalue weighted by molar-refractivity contribution is 7.89. The number of hydrogen-bond acceptors (Lipinski definition) is 6. The fraction of sp³-hybridized carbons (Fsp3) is 0.474. The Labute approximate surface area is 175 Å². The van der Waals surface area contributed by atoms with Gasteiger partial charge in [-0.1, -0.05) is 12.1 Å². The minimum Gasteiger partial charge on any atom is -0.377 e. The number of sulfonamides is 1. The lowest BCUT2D eigenvalue weighted by molar-refractivity contribution is 0.114. The van der Waals surface area contributed by atoms with Gasteiger partial charge in [0.15, 0.2) is 5.96 Å². The molecule has 1 atom stereocenters. The third-order valence-electron chi connectivity index (χ3n) is 4.52. The zero-order valence-corrected chi connectivity index (χ0v) is 18.3. The molecule has 10 heteroatoms. The highest BCUT2D eigenvalue weighted by Gasteiger charge is 2.20. The number of aliphatic imine (C=N–C) groups is 1. The normalized spacial score (nSPS) is 17.4. The molecule has 3 N–H and O–H groups in total. The monoisotopic (exact) mass is 437 g/mol. The number of nitrogens with one attached hydrogen (secondary N) is 3. The number of aromatic nitrogens is 1. The van der Waals surface area contributed by atoms with Gasteiger partial charge in [-0.3, -0.25) is 4.99 Å². The predicted molar refractivity (Wildman–Crippen MR) is 114 cm³/mol. The number of thiazole rings is 1. The molecule has 1 aromatic heterocycles. The molecule has 8 nitrogen and oxygen atoms in total. The summed E-state index contributed by atoms with van der Waals surface area (Å²) in [4.78, 5) is 9.94. The van der Waals surface area contributed by atoms with Gasteiger partial charge in [-0.05, 0) is 37.5 Å². The summed E-state index contributed by atoms with van der Waals surface area (Å²) in [6.45, 7) is 4.17. The highest BCUT2D eigenvalue weighted by Crippen LogP contribution is 2.14. The summed E-state index contributed by atoms with van der Waals surface area (Å²) in [5, 5.41) is 7.43. The Morgan fingerprint density at radius 3 is 2.66 bits per heavy atom. The molecule has 3 rings (SSSR count). The molecule has 0 bridgehead atoms. The van der Waals surface area contributed by atoms with E-state index in [1.54, 1.807) is 42.6 Å². The third-order valence-corrected chi connectivity index (χ3v) is 6.87. The zero-order chi connectivity index (χ0) is 20.7. The lowest BCUT2D eigenvalue weighted by Gasteiger charge is -2.13. The van der Waals surface area contributed by atoms with Gasteiger partial charge in [-0.2, -0.15) is 0 Å². The van der Waals surface area contributed by atoms with Crippen molar-refractivity contribution in [2.45, 2.75) is 43.9 Å². The molecule has 0 aliphatic carbocycles. The maximum atomic E-state index is 12.4. The molecule has 0 saturated carbocycles. The summed E-state index contributed by atoms with van der Waals surface area (Å²) < 4.78 is 32.9. The molecule has 158 valence electrons. The van der Waals surface area contributed by atoms with Gasteiger partial charge in [-0.25, -0.2) is 18.1 Å². The first-order valence-corrected chi connectivity index (χ1v) is 11.8. The summed E-state index contributed by atoms with van der Waals surface area (Å²) in [6, 6.07) is 6.82. The van der Waals surface area contributed by atoms with Crippen molar-refractivity contribution >= 4 is 27.3 Å². The van der Waals surface area contributed by atoms with E-state index < -0.39 is 10.0 Å². The summed E-state index contributed by atoms with van der Waals surface area (Å²) in [7, 11) is -1.82. The van der Waals surface area contributed by atoms with Crippen LogP contribution >= 0.6 is 11.3 Å². The third kappa shape index (κ3) is 6.49. The van der Waals surface area contributed by atoms with Crippen molar-refractivity contribution in [3.05, 3.63) is 45.9 Å². The average molecular weight is 438 g/mol. The smallest absolute Gasteiger partial charge is 0.240 e. The molecule has 29 heavy (non-hydrogen) atoms. The second-order valence-electron chi connectivity index (χ2n) is 6.77. The SMILES string of the molecule is CN=C(NCc1ccc(S(=O)(=O)NCC2CCCO2)cc1)NCc1ncc(C)s1. The van der Waals surface area contributed by atoms with Gasteiger partial charge >= 0.3 is 0 Å². The Balaban J connectivity index is 1.48. The lowest BCUT2D eigenvalue weighted by Crippen LogP contribution is -2.36. The Kier molecular flexibility index (Phi) is 7.59. The van der Waals surface area contributed by atoms with Crippen molar-refractivity contribution in [2.24, 2.45) is 4.99 Å². The first-order chi connectivity index (χ1) is 14.0. The van der Waals surface area contributed by atoms with Crippen molar-refractivity contribution in [3.8, 4) is 0 Å². The van der Waals surface area contributed by atoms with Crippen LogP contribution in [-0.4, -0.2) is 45.7 Å². The summed E-state index contributed by atoms with van der Waals surface area (Å²) >= 11 is 1.64. The van der Waals surface area contributed by atoms with Crippen LogP contribution in [-0.2, 0) is 27.8 Å². The van der Waals surface area contributed by atoms with E-state index in [2.05, 4.69) is 25.3 Å². The van der Waals surface area contributed by atoms with Crippen LogP contribution in [0, 0.1) is 6.92 Å². The van der Waals surface area contributed by atoms with E-state index in [0.717, 1.165) is 23.4 Å². The van der Waals surface area contributed by atoms with Gasteiger partial charge < -0.3 is 15.4 Å². The maximum Gasteiger partial charge on any atom is 0.240 e. The topological polar surface area (TPSA) is 105 Å². The Hall–Kier alpha value is -2.01. The van der Waals surface area contributed by atoms with Crippen LogP contribution in [0.15, 0.2) is 40.4 Å². The van der Waals surface area contributed by atoms with E-state index in [4.69, 9.17) is 4.74 Å². The Bertz CT molecular complexity index is 920. The van der Waals surface area contributed by atoms with Gasteiger partial charge in [0.05, 0.1) is 17.5 Å². The molecule has 1 aliphatic rings. The van der Waals surface area contributed by atoms with Gasteiger partial charge in [0.25, 0.3) is 0 Å². The lowest BCUT2D eigenvalue weighted by atomic mass is 10.2. The first kappa shape index (κ1) is 21.7. The number of benzene rings is 1. The molecule has 0 amide bonds. The second-order valence-corrected chi connectivity index (χ2v) is 9.86. The van der Waals surface area contributed by atoms with E-state index in [9.17, 15) is 8.42 Å². The Morgan fingerprint density at radius 2 is 2.03 bits per heavy atom. The number of rotatable bonds is 8. The number of guanidine groups is 1. The minimum absolute atomic E-state index is 0.0270. The van der Waals surface area contributed by atoms with Crippen LogP contribution < -0.4 is 15.4 Å². The summed E-state index contributed by atoms with van der Waals surface area (Å²) in [6.07, 6.45) is 3.70. The maximum absolute atomic E-state index is 12.4. The number of nitrogens with zero attached hydrogens (tertiary/aromatic N) is 2. The van der Waals surface area contributed by atoms with Crippen molar-refractivity contribution < 1.29 is 13.2 Å².